The smallest absolute Gasteiger partial charge is 0.344 e. The van der Waals surface area contributed by atoms with Crippen molar-refractivity contribution < 1.29 is 30.8 Å². The van der Waals surface area contributed by atoms with E-state index >= 15 is 0 Å². The van der Waals surface area contributed by atoms with Crippen molar-refractivity contribution in [2.75, 3.05) is 0 Å². The highest BCUT2D eigenvalue weighted by Crippen LogP contribution is 2.21. The van der Waals surface area contributed by atoms with Crippen LogP contribution in [0.3, 0.4) is 0 Å². The Morgan fingerprint density at radius 3 is 2.36 bits per heavy atom. The van der Waals surface area contributed by atoms with Crippen molar-refractivity contribution in [1.82, 2.24) is 0 Å². The molecule has 4 nitrogen and oxygen atoms in total. The van der Waals surface area contributed by atoms with Crippen LogP contribution in [0, 0.1) is 6.92 Å². The number of pyridine rings is 1. The number of aryl methyl sites for hydroxylation is 1. The average Bonchev–Trinajstić information content (AvgIpc) is 2.69. The maximum absolute atomic E-state index is 12.5. The molecule has 0 unspecified atom stereocenters. The minimum absolute atomic E-state index is 0. The Labute approximate surface area is 172 Å². The molecule has 0 saturated heterocycles. The van der Waals surface area contributed by atoms with Crippen molar-refractivity contribution in [2.45, 2.75) is 13.5 Å². The molecule has 0 spiro atoms. The van der Waals surface area contributed by atoms with Crippen LogP contribution in [0.25, 0.3) is 22.1 Å². The summed E-state index contributed by atoms with van der Waals surface area (Å²) in [5.74, 6) is 0.0148. The Balaban J connectivity index is 0.00000225. The lowest BCUT2D eigenvalue weighted by Crippen LogP contribution is -3.00. The molecule has 0 bridgehead atoms. The second kappa shape index (κ2) is 8.31. The lowest BCUT2D eigenvalue weighted by atomic mass is 10.0. The molecule has 0 amide bonds. The summed E-state index contributed by atoms with van der Waals surface area (Å²) in [4.78, 5) is 24.8. The van der Waals surface area contributed by atoms with Crippen LogP contribution in [-0.4, -0.2) is 5.78 Å². The van der Waals surface area contributed by atoms with Gasteiger partial charge >= 0.3 is 5.63 Å². The molecule has 0 N–H and O–H groups in total. The molecule has 0 aliphatic heterocycles. The van der Waals surface area contributed by atoms with Gasteiger partial charge in [-0.05, 0) is 30.2 Å². The van der Waals surface area contributed by atoms with Crippen molar-refractivity contribution in [2.24, 2.45) is 0 Å². The first-order chi connectivity index (χ1) is 13.1. The molecule has 2 aromatic heterocycles. The van der Waals surface area contributed by atoms with E-state index in [0.29, 0.717) is 16.7 Å². The molecule has 0 radical (unpaired) electrons. The maximum atomic E-state index is 12.5. The highest BCUT2D eigenvalue weighted by molar-refractivity contribution is 5.95. The standard InChI is InChI=1S/C23H18NO3.BrH/c1-16-10-12-24(13-11-16)15-21(25)18-8-6-17(7-9-18)20-14-19-4-2-3-5-22(19)27-23(20)26;/h2-14H,15H2,1H3;1H/q+1;/p-1. The van der Waals surface area contributed by atoms with E-state index in [1.807, 2.05) is 60.3 Å². The van der Waals surface area contributed by atoms with Gasteiger partial charge in [-0.3, -0.25) is 4.79 Å². The molecule has 0 fully saturated rings. The van der Waals surface area contributed by atoms with Gasteiger partial charge in [-0.2, -0.15) is 4.57 Å². The van der Waals surface area contributed by atoms with Crippen LogP contribution in [0.4, 0.5) is 0 Å². The van der Waals surface area contributed by atoms with Crippen molar-refractivity contribution >= 4 is 16.8 Å². The van der Waals surface area contributed by atoms with Crippen LogP contribution in [0.1, 0.15) is 15.9 Å². The summed E-state index contributed by atoms with van der Waals surface area (Å²) in [5.41, 5.74) is 3.15. The van der Waals surface area contributed by atoms with Gasteiger partial charge in [0.2, 0.25) is 12.3 Å². The molecule has 0 aliphatic carbocycles. The van der Waals surface area contributed by atoms with Gasteiger partial charge in [0.15, 0.2) is 12.4 Å². The molecule has 28 heavy (non-hydrogen) atoms. The highest BCUT2D eigenvalue weighted by atomic mass is 79.9. The summed E-state index contributed by atoms with van der Waals surface area (Å²) >= 11 is 0. The predicted molar refractivity (Wildman–Crippen MR) is 104 cm³/mol. The first kappa shape index (κ1) is 19.7. The molecule has 4 rings (SSSR count). The van der Waals surface area contributed by atoms with Crippen LogP contribution in [0.2, 0.25) is 0 Å². The number of benzene rings is 2. The van der Waals surface area contributed by atoms with Gasteiger partial charge < -0.3 is 21.4 Å². The normalized spacial score (nSPS) is 10.5. The molecule has 2 heterocycles. The Kier molecular flexibility index (Phi) is 5.85. The van der Waals surface area contributed by atoms with E-state index in [2.05, 4.69) is 0 Å². The molecule has 4 aromatic rings. The van der Waals surface area contributed by atoms with Gasteiger partial charge in [-0.25, -0.2) is 4.79 Å². The molecule has 5 heteroatoms. The van der Waals surface area contributed by atoms with Gasteiger partial charge in [0.1, 0.15) is 5.58 Å². The third kappa shape index (κ3) is 4.10. The van der Waals surface area contributed by atoms with Gasteiger partial charge in [0.25, 0.3) is 0 Å². The number of aromatic nitrogens is 1. The second-order valence-corrected chi connectivity index (χ2v) is 6.53. The zero-order valence-corrected chi connectivity index (χ0v) is 16.8. The average molecular weight is 436 g/mol. The van der Waals surface area contributed by atoms with E-state index in [0.717, 1.165) is 16.5 Å². The topological polar surface area (TPSA) is 51.2 Å². The molecule has 0 atom stereocenters. The van der Waals surface area contributed by atoms with Crippen LogP contribution in [0.15, 0.2) is 88.3 Å². The monoisotopic (exact) mass is 435 g/mol. The van der Waals surface area contributed by atoms with Crippen LogP contribution in [0.5, 0.6) is 0 Å². The van der Waals surface area contributed by atoms with E-state index in [1.165, 1.54) is 0 Å². The van der Waals surface area contributed by atoms with E-state index in [1.54, 1.807) is 30.3 Å². The number of para-hydroxylation sites is 1. The van der Waals surface area contributed by atoms with Gasteiger partial charge in [0, 0.05) is 23.1 Å². The summed E-state index contributed by atoms with van der Waals surface area (Å²) in [7, 11) is 0. The minimum atomic E-state index is -0.386. The van der Waals surface area contributed by atoms with Crippen LogP contribution in [-0.2, 0) is 6.54 Å². The molecule has 140 valence electrons. The Morgan fingerprint density at radius 2 is 1.64 bits per heavy atom. The second-order valence-electron chi connectivity index (χ2n) is 6.53. The summed E-state index contributed by atoms with van der Waals surface area (Å²) in [5, 5.41) is 0.864. The largest absolute Gasteiger partial charge is 1.00 e. The van der Waals surface area contributed by atoms with Crippen LogP contribution >= 0.6 is 0 Å². The SMILES string of the molecule is Cc1cc[n+](CC(=O)c2ccc(-c3cc4ccccc4oc3=O)cc2)cc1.[Br-]. The maximum Gasteiger partial charge on any atom is 0.344 e. The predicted octanol–water partition coefficient (Wildman–Crippen LogP) is 0.943. The third-order valence-corrected chi connectivity index (χ3v) is 4.54. The van der Waals surface area contributed by atoms with E-state index in [4.69, 9.17) is 4.42 Å². The van der Waals surface area contributed by atoms with Gasteiger partial charge in [-0.1, -0.05) is 42.5 Å². The van der Waals surface area contributed by atoms with Gasteiger partial charge in [-0.15, -0.1) is 0 Å². The highest BCUT2D eigenvalue weighted by Gasteiger charge is 2.13. The minimum Gasteiger partial charge on any atom is -1.00 e. The third-order valence-electron chi connectivity index (χ3n) is 4.54. The molecular formula is C23H18BrNO3. The molecular weight excluding hydrogens is 418 g/mol. The number of rotatable bonds is 4. The van der Waals surface area contributed by atoms with Crippen molar-refractivity contribution in [3.05, 3.63) is 101 Å². The summed E-state index contributed by atoms with van der Waals surface area (Å²) < 4.78 is 7.24. The fourth-order valence-corrected chi connectivity index (χ4v) is 2.99. The van der Waals surface area contributed by atoms with Crippen molar-refractivity contribution in [1.29, 1.82) is 0 Å². The van der Waals surface area contributed by atoms with Gasteiger partial charge in [0.05, 0.1) is 5.56 Å². The lowest BCUT2D eigenvalue weighted by molar-refractivity contribution is -0.683. The zero-order valence-electron chi connectivity index (χ0n) is 15.3. The summed E-state index contributed by atoms with van der Waals surface area (Å²) in [6.45, 7) is 2.28. The number of carbonyl (C=O) groups excluding carboxylic acids is 1. The Morgan fingerprint density at radius 1 is 0.964 bits per heavy atom. The summed E-state index contributed by atoms with van der Waals surface area (Å²) in [6, 6.07) is 20.2. The number of hydrogen-bond donors (Lipinski definition) is 0. The molecule has 0 aliphatic rings. The Hall–Kier alpha value is -3.05. The van der Waals surface area contributed by atoms with Crippen molar-refractivity contribution in [3.8, 4) is 11.1 Å². The number of Topliss-reactive ketones (excluding diaryl/α,β-unsaturated/α-hetero) is 1. The van der Waals surface area contributed by atoms with Crippen molar-refractivity contribution in [3.63, 3.8) is 0 Å². The fourth-order valence-electron chi connectivity index (χ4n) is 2.99. The summed E-state index contributed by atoms with van der Waals surface area (Å²) in [6.07, 6.45) is 3.78. The number of hydrogen-bond acceptors (Lipinski definition) is 3. The number of ketones is 1. The first-order valence-electron chi connectivity index (χ1n) is 8.72. The van der Waals surface area contributed by atoms with E-state index in [-0.39, 0.29) is 34.9 Å². The first-order valence-corrected chi connectivity index (χ1v) is 8.72. The molecule has 0 saturated carbocycles. The van der Waals surface area contributed by atoms with E-state index < -0.39 is 0 Å². The lowest BCUT2D eigenvalue weighted by Gasteiger charge is -2.04. The zero-order chi connectivity index (χ0) is 18.8. The quantitative estimate of drug-likeness (QED) is 0.272. The molecule has 2 aromatic carbocycles. The Bertz CT molecular complexity index is 1180. The number of nitrogens with zero attached hydrogens (tertiary/aromatic N) is 1. The number of halogens is 1. The fraction of sp³-hybridized carbons (Fsp3) is 0.0870. The number of fused-ring (bicyclic) bond motifs is 1. The van der Waals surface area contributed by atoms with E-state index in [9.17, 15) is 9.59 Å². The van der Waals surface area contributed by atoms with Crippen LogP contribution < -0.4 is 27.2 Å². The number of carbonyl (C=O) groups is 1.